The van der Waals surface area contributed by atoms with Crippen LogP contribution < -0.4 is 0 Å². The average Bonchev–Trinajstić information content (AvgIpc) is 2.66. The second-order valence-electron chi connectivity index (χ2n) is 4.27. The van der Waals surface area contributed by atoms with E-state index in [1.807, 2.05) is 10.9 Å². The molecule has 14 heavy (non-hydrogen) atoms. The van der Waals surface area contributed by atoms with Gasteiger partial charge in [-0.2, -0.15) is 0 Å². The summed E-state index contributed by atoms with van der Waals surface area (Å²) in [5.74, 6) is 0.788. The lowest BCUT2D eigenvalue weighted by molar-refractivity contribution is 0.263. The molecular formula is C10H17N3O. The summed E-state index contributed by atoms with van der Waals surface area (Å²) >= 11 is 0. The van der Waals surface area contributed by atoms with Crippen molar-refractivity contribution in [3.05, 3.63) is 11.9 Å². The van der Waals surface area contributed by atoms with Crippen molar-refractivity contribution in [1.82, 2.24) is 15.0 Å². The summed E-state index contributed by atoms with van der Waals surface area (Å²) in [7, 11) is 0. The van der Waals surface area contributed by atoms with Crippen molar-refractivity contribution in [1.29, 1.82) is 0 Å². The van der Waals surface area contributed by atoms with Crippen LogP contribution in [-0.2, 0) is 6.61 Å². The molecule has 2 unspecified atom stereocenters. The number of rotatable bonds is 2. The number of aromatic nitrogens is 3. The molecule has 1 aromatic heterocycles. The van der Waals surface area contributed by atoms with Crippen LogP contribution in [0, 0.1) is 5.92 Å². The molecule has 78 valence electrons. The van der Waals surface area contributed by atoms with Crippen molar-refractivity contribution in [2.75, 3.05) is 0 Å². The Balaban J connectivity index is 2.06. The lowest BCUT2D eigenvalue weighted by Gasteiger charge is -2.26. The Hall–Kier alpha value is -0.900. The minimum atomic E-state index is -0.0116. The molecule has 1 heterocycles. The van der Waals surface area contributed by atoms with Crippen molar-refractivity contribution in [3.8, 4) is 0 Å². The standard InChI is InChI=1S/C10H17N3O/c1-8-3-2-4-10(5-8)13-6-9(7-14)11-12-13/h6,8,10,14H,2-5,7H2,1H3. The lowest BCUT2D eigenvalue weighted by atomic mass is 9.87. The van der Waals surface area contributed by atoms with E-state index in [-0.39, 0.29) is 6.61 Å². The SMILES string of the molecule is CC1CCCC(n2cc(CO)nn2)C1. The van der Waals surface area contributed by atoms with Crippen LogP contribution in [0.4, 0.5) is 0 Å². The van der Waals surface area contributed by atoms with Gasteiger partial charge in [0, 0.05) is 0 Å². The zero-order valence-corrected chi connectivity index (χ0v) is 8.56. The minimum absolute atomic E-state index is 0.0116. The Morgan fingerprint density at radius 2 is 2.43 bits per heavy atom. The first-order valence-corrected chi connectivity index (χ1v) is 5.31. The minimum Gasteiger partial charge on any atom is -0.390 e. The van der Waals surface area contributed by atoms with Gasteiger partial charge < -0.3 is 5.11 Å². The molecule has 0 saturated heterocycles. The van der Waals surface area contributed by atoms with E-state index < -0.39 is 0 Å². The first-order chi connectivity index (χ1) is 6.79. The number of aliphatic hydroxyl groups is 1. The molecule has 0 aromatic carbocycles. The number of aliphatic hydroxyl groups excluding tert-OH is 1. The van der Waals surface area contributed by atoms with Crippen LogP contribution in [0.2, 0.25) is 0 Å². The van der Waals surface area contributed by atoms with Gasteiger partial charge >= 0.3 is 0 Å². The second-order valence-corrected chi connectivity index (χ2v) is 4.27. The van der Waals surface area contributed by atoms with Crippen LogP contribution >= 0.6 is 0 Å². The van der Waals surface area contributed by atoms with Gasteiger partial charge in [-0.05, 0) is 18.8 Å². The Morgan fingerprint density at radius 1 is 1.57 bits per heavy atom. The molecule has 1 aliphatic carbocycles. The van der Waals surface area contributed by atoms with Crippen LogP contribution in [0.1, 0.15) is 44.3 Å². The van der Waals surface area contributed by atoms with E-state index in [1.165, 1.54) is 25.7 Å². The van der Waals surface area contributed by atoms with Crippen molar-refractivity contribution in [2.24, 2.45) is 5.92 Å². The first-order valence-electron chi connectivity index (χ1n) is 5.31. The summed E-state index contributed by atoms with van der Waals surface area (Å²) in [6.45, 7) is 2.28. The summed E-state index contributed by atoms with van der Waals surface area (Å²) < 4.78 is 1.92. The molecule has 1 N–H and O–H groups in total. The van der Waals surface area contributed by atoms with Crippen LogP contribution in [0.25, 0.3) is 0 Å². The maximum absolute atomic E-state index is 8.89. The van der Waals surface area contributed by atoms with Crippen molar-refractivity contribution >= 4 is 0 Å². The number of hydrogen-bond acceptors (Lipinski definition) is 3. The lowest BCUT2D eigenvalue weighted by Crippen LogP contribution is -2.18. The summed E-state index contributed by atoms with van der Waals surface area (Å²) in [6.07, 6.45) is 6.85. The van der Waals surface area contributed by atoms with Gasteiger partial charge in [0.05, 0.1) is 18.8 Å². The van der Waals surface area contributed by atoms with E-state index >= 15 is 0 Å². The molecule has 0 aliphatic heterocycles. The highest BCUT2D eigenvalue weighted by atomic mass is 16.3. The van der Waals surface area contributed by atoms with Gasteiger partial charge in [0.25, 0.3) is 0 Å². The maximum atomic E-state index is 8.89. The summed E-state index contributed by atoms with van der Waals surface area (Å²) in [6, 6.07) is 0.492. The summed E-state index contributed by atoms with van der Waals surface area (Å²) in [4.78, 5) is 0. The average molecular weight is 195 g/mol. The Morgan fingerprint density at radius 3 is 3.07 bits per heavy atom. The van der Waals surface area contributed by atoms with Crippen molar-refractivity contribution < 1.29 is 5.11 Å². The molecule has 2 atom stereocenters. The first kappa shape index (κ1) is 9.65. The topological polar surface area (TPSA) is 50.9 Å². The molecule has 0 bridgehead atoms. The number of hydrogen-bond donors (Lipinski definition) is 1. The fraction of sp³-hybridized carbons (Fsp3) is 0.800. The third-order valence-electron chi connectivity index (χ3n) is 3.00. The monoisotopic (exact) mass is 195 g/mol. The number of nitrogens with zero attached hydrogens (tertiary/aromatic N) is 3. The summed E-state index contributed by atoms with van der Waals surface area (Å²) in [5, 5.41) is 16.8. The smallest absolute Gasteiger partial charge is 0.108 e. The highest BCUT2D eigenvalue weighted by Crippen LogP contribution is 2.31. The van der Waals surface area contributed by atoms with E-state index in [1.54, 1.807) is 0 Å². The maximum Gasteiger partial charge on any atom is 0.108 e. The Kier molecular flexibility index (Phi) is 2.82. The van der Waals surface area contributed by atoms with Crippen molar-refractivity contribution in [3.63, 3.8) is 0 Å². The summed E-state index contributed by atoms with van der Waals surface area (Å²) in [5.41, 5.74) is 0.670. The molecule has 0 amide bonds. The molecule has 0 radical (unpaired) electrons. The molecule has 2 rings (SSSR count). The normalized spacial score (nSPS) is 27.9. The van der Waals surface area contributed by atoms with E-state index in [4.69, 9.17) is 5.11 Å². The molecule has 4 heteroatoms. The Labute approximate surface area is 83.9 Å². The van der Waals surface area contributed by atoms with Gasteiger partial charge in [-0.15, -0.1) is 5.10 Å². The van der Waals surface area contributed by atoms with E-state index in [0.717, 1.165) is 5.92 Å². The predicted molar refractivity (Wildman–Crippen MR) is 52.6 cm³/mol. The van der Waals surface area contributed by atoms with E-state index in [0.29, 0.717) is 11.7 Å². The molecule has 1 fully saturated rings. The van der Waals surface area contributed by atoms with Gasteiger partial charge in [0.2, 0.25) is 0 Å². The largest absolute Gasteiger partial charge is 0.390 e. The Bertz CT molecular complexity index is 297. The van der Waals surface area contributed by atoms with Crippen LogP contribution in [0.3, 0.4) is 0 Å². The van der Waals surface area contributed by atoms with E-state index in [9.17, 15) is 0 Å². The molecule has 1 aromatic rings. The third-order valence-corrected chi connectivity index (χ3v) is 3.00. The molecule has 4 nitrogen and oxygen atoms in total. The van der Waals surface area contributed by atoms with Gasteiger partial charge in [0.1, 0.15) is 5.69 Å². The van der Waals surface area contributed by atoms with Gasteiger partial charge in [0.15, 0.2) is 0 Å². The molecule has 1 aliphatic rings. The van der Waals surface area contributed by atoms with Gasteiger partial charge in [-0.3, -0.25) is 0 Å². The molecular weight excluding hydrogens is 178 g/mol. The van der Waals surface area contributed by atoms with Crippen LogP contribution in [-0.4, -0.2) is 20.1 Å². The quantitative estimate of drug-likeness (QED) is 0.778. The van der Waals surface area contributed by atoms with Gasteiger partial charge in [-0.1, -0.05) is 25.0 Å². The van der Waals surface area contributed by atoms with E-state index in [2.05, 4.69) is 17.2 Å². The van der Waals surface area contributed by atoms with Crippen molar-refractivity contribution in [2.45, 2.75) is 45.3 Å². The zero-order valence-electron chi connectivity index (χ0n) is 8.56. The zero-order chi connectivity index (χ0) is 9.97. The fourth-order valence-corrected chi connectivity index (χ4v) is 2.21. The third kappa shape index (κ3) is 1.95. The second kappa shape index (κ2) is 4.09. The highest BCUT2D eigenvalue weighted by molar-refractivity contribution is 4.91. The van der Waals surface area contributed by atoms with Gasteiger partial charge in [-0.25, -0.2) is 4.68 Å². The predicted octanol–water partition coefficient (Wildman–Crippen LogP) is 1.52. The van der Waals surface area contributed by atoms with Crippen LogP contribution in [0.15, 0.2) is 6.20 Å². The highest BCUT2D eigenvalue weighted by Gasteiger charge is 2.21. The molecule has 1 saturated carbocycles. The molecule has 0 spiro atoms. The van der Waals surface area contributed by atoms with Crippen LogP contribution in [0.5, 0.6) is 0 Å². The fourth-order valence-electron chi connectivity index (χ4n) is 2.21.